The topological polar surface area (TPSA) is 42.7 Å². The third-order valence-corrected chi connectivity index (χ3v) is 2.65. The van der Waals surface area contributed by atoms with Gasteiger partial charge in [0.05, 0.1) is 6.54 Å². The highest BCUT2D eigenvalue weighted by Crippen LogP contribution is 2.10. The van der Waals surface area contributed by atoms with Crippen LogP contribution in [0.5, 0.6) is 0 Å². The van der Waals surface area contributed by atoms with Gasteiger partial charge in [0.15, 0.2) is 0 Å². The minimum absolute atomic E-state index is 0.134. The van der Waals surface area contributed by atoms with E-state index in [1.807, 2.05) is 7.05 Å². The van der Waals surface area contributed by atoms with E-state index in [-0.39, 0.29) is 5.54 Å². The third kappa shape index (κ3) is 3.38. The first-order valence-electron chi connectivity index (χ1n) is 4.69. The Hall–Kier alpha value is -0.420. The second-order valence-electron chi connectivity index (χ2n) is 3.98. The molecule has 14 heavy (non-hydrogen) atoms. The zero-order valence-electron chi connectivity index (χ0n) is 8.92. The van der Waals surface area contributed by atoms with Gasteiger partial charge in [-0.15, -0.1) is 0 Å². The van der Waals surface area contributed by atoms with E-state index < -0.39 is 0 Å². The normalized spacial score (nSPS) is 12.0. The minimum Gasteiger partial charge on any atom is -0.305 e. The summed E-state index contributed by atoms with van der Waals surface area (Å²) in [6.45, 7) is 5.13. The van der Waals surface area contributed by atoms with E-state index in [4.69, 9.17) is 0 Å². The number of aryl methyl sites for hydroxylation is 1. The number of hydrogen-bond donors (Lipinski definition) is 1. The molecule has 0 amide bonds. The number of hydrogen-bond acceptors (Lipinski definition) is 3. The smallest absolute Gasteiger partial charge is 0.140 e. The van der Waals surface area contributed by atoms with Crippen molar-refractivity contribution in [1.29, 1.82) is 0 Å². The molecule has 1 heterocycles. The Morgan fingerprint density at radius 1 is 1.57 bits per heavy atom. The lowest BCUT2D eigenvalue weighted by Gasteiger charge is -2.25. The van der Waals surface area contributed by atoms with E-state index in [1.54, 1.807) is 11.0 Å². The first-order chi connectivity index (χ1) is 6.55. The summed E-state index contributed by atoms with van der Waals surface area (Å²) in [6.07, 6.45) is 2.67. The van der Waals surface area contributed by atoms with E-state index >= 15 is 0 Å². The van der Waals surface area contributed by atoms with Crippen LogP contribution in [-0.2, 0) is 13.6 Å². The van der Waals surface area contributed by atoms with E-state index in [0.29, 0.717) is 0 Å². The average molecular weight is 261 g/mol. The highest BCUT2D eigenvalue weighted by molar-refractivity contribution is 9.09. The lowest BCUT2D eigenvalue weighted by molar-refractivity contribution is 0.369. The van der Waals surface area contributed by atoms with Crippen LogP contribution in [0.25, 0.3) is 0 Å². The molecule has 0 aliphatic carbocycles. The number of alkyl halides is 1. The van der Waals surface area contributed by atoms with Crippen molar-refractivity contribution in [1.82, 2.24) is 20.1 Å². The van der Waals surface area contributed by atoms with Crippen LogP contribution < -0.4 is 5.32 Å². The molecule has 0 radical (unpaired) electrons. The molecule has 0 aliphatic rings. The molecule has 5 heteroatoms. The van der Waals surface area contributed by atoms with Gasteiger partial charge in [-0.25, -0.2) is 4.98 Å². The van der Waals surface area contributed by atoms with Crippen LogP contribution in [0.4, 0.5) is 0 Å². The Bertz CT molecular complexity index is 282. The van der Waals surface area contributed by atoms with Crippen molar-refractivity contribution < 1.29 is 0 Å². The molecule has 1 aromatic rings. The van der Waals surface area contributed by atoms with Gasteiger partial charge in [-0.1, -0.05) is 15.9 Å². The van der Waals surface area contributed by atoms with Gasteiger partial charge in [0.2, 0.25) is 0 Å². The van der Waals surface area contributed by atoms with Gasteiger partial charge >= 0.3 is 0 Å². The predicted octanol–water partition coefficient (Wildman–Crippen LogP) is 1.47. The van der Waals surface area contributed by atoms with Crippen molar-refractivity contribution >= 4 is 15.9 Å². The summed E-state index contributed by atoms with van der Waals surface area (Å²) in [5.41, 5.74) is 0.134. The number of nitrogens with one attached hydrogen (secondary N) is 1. The molecule has 0 saturated heterocycles. The van der Waals surface area contributed by atoms with E-state index in [0.717, 1.165) is 24.1 Å². The minimum atomic E-state index is 0.134. The zero-order chi connectivity index (χ0) is 10.6. The molecule has 0 spiro atoms. The van der Waals surface area contributed by atoms with Crippen molar-refractivity contribution in [2.45, 2.75) is 32.4 Å². The Morgan fingerprint density at radius 3 is 2.79 bits per heavy atom. The molecule has 1 N–H and O–H groups in total. The summed E-state index contributed by atoms with van der Waals surface area (Å²) in [5, 5.41) is 8.48. The van der Waals surface area contributed by atoms with Gasteiger partial charge in [-0.05, 0) is 20.3 Å². The molecule has 0 unspecified atom stereocenters. The summed E-state index contributed by atoms with van der Waals surface area (Å²) >= 11 is 3.45. The van der Waals surface area contributed by atoms with E-state index in [9.17, 15) is 0 Å². The fourth-order valence-electron chi connectivity index (χ4n) is 1.12. The lowest BCUT2D eigenvalue weighted by Crippen LogP contribution is -2.39. The maximum Gasteiger partial charge on any atom is 0.140 e. The molecule has 0 bridgehead atoms. The standard InChI is InChI=1S/C9H17BrN4/c1-9(2,4-5-10)12-6-8-11-7-13-14(8)3/h7,12H,4-6H2,1-3H3. The Labute approximate surface area is 93.2 Å². The van der Waals surface area contributed by atoms with Crippen molar-refractivity contribution in [2.24, 2.45) is 7.05 Å². The molecule has 80 valence electrons. The summed E-state index contributed by atoms with van der Waals surface area (Å²) in [4.78, 5) is 4.16. The monoisotopic (exact) mass is 260 g/mol. The largest absolute Gasteiger partial charge is 0.305 e. The van der Waals surface area contributed by atoms with Gasteiger partial charge in [0.25, 0.3) is 0 Å². The second kappa shape index (κ2) is 4.89. The third-order valence-electron chi connectivity index (χ3n) is 2.25. The van der Waals surface area contributed by atoms with Crippen molar-refractivity contribution in [3.8, 4) is 0 Å². The van der Waals surface area contributed by atoms with Crippen LogP contribution in [0.2, 0.25) is 0 Å². The molecular formula is C9H17BrN4. The number of rotatable bonds is 5. The van der Waals surface area contributed by atoms with Gasteiger partial charge in [0, 0.05) is 17.9 Å². The van der Waals surface area contributed by atoms with Crippen LogP contribution in [0.1, 0.15) is 26.1 Å². The molecule has 0 aliphatic heterocycles. The fraction of sp³-hybridized carbons (Fsp3) is 0.778. The van der Waals surface area contributed by atoms with Gasteiger partial charge < -0.3 is 5.32 Å². The Morgan fingerprint density at radius 2 is 2.29 bits per heavy atom. The quantitative estimate of drug-likeness (QED) is 0.816. The van der Waals surface area contributed by atoms with Crippen LogP contribution in [-0.4, -0.2) is 25.6 Å². The van der Waals surface area contributed by atoms with Crippen molar-refractivity contribution in [2.75, 3.05) is 5.33 Å². The molecule has 0 aromatic carbocycles. The van der Waals surface area contributed by atoms with Crippen LogP contribution in [0, 0.1) is 0 Å². The van der Waals surface area contributed by atoms with Crippen LogP contribution >= 0.6 is 15.9 Å². The fourth-order valence-corrected chi connectivity index (χ4v) is 2.11. The Balaban J connectivity index is 2.44. The van der Waals surface area contributed by atoms with E-state index in [2.05, 4.69) is 45.2 Å². The first kappa shape index (κ1) is 11.7. The number of aromatic nitrogens is 3. The SMILES string of the molecule is Cn1ncnc1CNC(C)(C)CCBr. The molecule has 4 nitrogen and oxygen atoms in total. The molecular weight excluding hydrogens is 244 g/mol. The average Bonchev–Trinajstić information content (AvgIpc) is 2.48. The van der Waals surface area contributed by atoms with Gasteiger partial charge in [-0.3, -0.25) is 4.68 Å². The molecule has 1 rings (SSSR count). The molecule has 0 atom stereocenters. The van der Waals surface area contributed by atoms with Crippen molar-refractivity contribution in [3.05, 3.63) is 12.2 Å². The van der Waals surface area contributed by atoms with Crippen LogP contribution in [0.15, 0.2) is 6.33 Å². The highest BCUT2D eigenvalue weighted by Gasteiger charge is 2.16. The number of nitrogens with zero attached hydrogens (tertiary/aromatic N) is 3. The molecule has 0 saturated carbocycles. The Kier molecular flexibility index (Phi) is 4.07. The maximum absolute atomic E-state index is 4.16. The summed E-state index contributed by atoms with van der Waals surface area (Å²) in [7, 11) is 1.90. The zero-order valence-corrected chi connectivity index (χ0v) is 10.5. The number of halogens is 1. The summed E-state index contributed by atoms with van der Waals surface area (Å²) in [6, 6.07) is 0. The van der Waals surface area contributed by atoms with E-state index in [1.165, 1.54) is 0 Å². The highest BCUT2D eigenvalue weighted by atomic mass is 79.9. The van der Waals surface area contributed by atoms with Gasteiger partial charge in [0.1, 0.15) is 12.2 Å². The second-order valence-corrected chi connectivity index (χ2v) is 4.77. The summed E-state index contributed by atoms with van der Waals surface area (Å²) in [5.74, 6) is 0.965. The molecule has 0 fully saturated rings. The van der Waals surface area contributed by atoms with Crippen LogP contribution in [0.3, 0.4) is 0 Å². The first-order valence-corrected chi connectivity index (χ1v) is 5.81. The van der Waals surface area contributed by atoms with Crippen molar-refractivity contribution in [3.63, 3.8) is 0 Å². The predicted molar refractivity (Wildman–Crippen MR) is 60.3 cm³/mol. The van der Waals surface area contributed by atoms with Gasteiger partial charge in [-0.2, -0.15) is 5.10 Å². The lowest BCUT2D eigenvalue weighted by atomic mass is 10.0. The maximum atomic E-state index is 4.16. The molecule has 1 aromatic heterocycles. The summed E-state index contributed by atoms with van der Waals surface area (Å²) < 4.78 is 1.79.